The van der Waals surface area contributed by atoms with Crippen molar-refractivity contribution in [3.63, 3.8) is 0 Å². The second-order valence-corrected chi connectivity index (χ2v) is 8.49. The first-order chi connectivity index (χ1) is 13.9. The van der Waals surface area contributed by atoms with Gasteiger partial charge < -0.3 is 0 Å². The molecule has 0 unspecified atom stereocenters. The lowest BCUT2D eigenvalue weighted by Gasteiger charge is -2.06. The van der Waals surface area contributed by atoms with Crippen LogP contribution in [0.1, 0.15) is 11.1 Å². The quantitative estimate of drug-likeness (QED) is 0.130. The zero-order chi connectivity index (χ0) is 20.8. The number of aromatic nitrogens is 2. The lowest BCUT2D eigenvalue weighted by Crippen LogP contribution is -1.93. The van der Waals surface area contributed by atoms with E-state index in [4.69, 9.17) is 0 Å². The van der Waals surface area contributed by atoms with Crippen molar-refractivity contribution >= 4 is 50.8 Å². The Morgan fingerprint density at radius 1 is 0.828 bits per heavy atom. The summed E-state index contributed by atoms with van der Waals surface area (Å²) in [6.45, 7) is 0. The van der Waals surface area contributed by atoms with E-state index in [1.54, 1.807) is 30.5 Å². The monoisotopic (exact) mass is 492 g/mol. The van der Waals surface area contributed by atoms with Crippen LogP contribution in [0.2, 0.25) is 0 Å². The van der Waals surface area contributed by atoms with Crippen molar-refractivity contribution in [2.24, 2.45) is 0 Å². The standard InChI is InChI=1S/C18H13BrN4O4S2/c19-16-9-20-18(29-11-13-3-7-15(8-4-13)23(26)27)21-17(16)28-10-12-1-5-14(6-2-12)22(24)25/h1-9H,10-11H2. The minimum absolute atomic E-state index is 0.0589. The summed E-state index contributed by atoms with van der Waals surface area (Å²) in [5.74, 6) is 1.20. The molecule has 0 spiro atoms. The summed E-state index contributed by atoms with van der Waals surface area (Å²) < 4.78 is 0.768. The summed E-state index contributed by atoms with van der Waals surface area (Å²) in [5, 5.41) is 22.8. The maximum atomic E-state index is 10.7. The topological polar surface area (TPSA) is 112 Å². The third-order valence-electron chi connectivity index (χ3n) is 3.73. The molecule has 1 aromatic heterocycles. The molecule has 1 heterocycles. The Hall–Kier alpha value is -2.50. The highest BCUT2D eigenvalue weighted by molar-refractivity contribution is 9.10. The first-order valence-electron chi connectivity index (χ1n) is 8.17. The molecule has 3 aromatic rings. The second kappa shape index (κ2) is 9.81. The van der Waals surface area contributed by atoms with Gasteiger partial charge in [0.15, 0.2) is 5.16 Å². The van der Waals surface area contributed by atoms with Crippen LogP contribution < -0.4 is 0 Å². The van der Waals surface area contributed by atoms with Gasteiger partial charge in [0.25, 0.3) is 11.4 Å². The molecule has 0 bridgehead atoms. The zero-order valence-electron chi connectivity index (χ0n) is 14.7. The van der Waals surface area contributed by atoms with E-state index >= 15 is 0 Å². The zero-order valence-corrected chi connectivity index (χ0v) is 17.9. The van der Waals surface area contributed by atoms with Crippen molar-refractivity contribution in [1.29, 1.82) is 0 Å². The Labute approximate surface area is 182 Å². The minimum atomic E-state index is -0.427. The number of non-ortho nitro benzene ring substituents is 2. The molecule has 0 amide bonds. The Morgan fingerprint density at radius 3 is 1.79 bits per heavy atom. The molecule has 0 atom stereocenters. The molecule has 2 aromatic carbocycles. The van der Waals surface area contributed by atoms with E-state index in [1.807, 2.05) is 0 Å². The molecule has 0 saturated heterocycles. The van der Waals surface area contributed by atoms with E-state index in [2.05, 4.69) is 25.9 Å². The van der Waals surface area contributed by atoms with E-state index in [1.165, 1.54) is 47.8 Å². The molecular formula is C18H13BrN4O4S2. The molecule has 0 N–H and O–H groups in total. The number of halogens is 1. The number of benzene rings is 2. The summed E-state index contributed by atoms with van der Waals surface area (Å²) in [6.07, 6.45) is 1.68. The fraction of sp³-hybridized carbons (Fsp3) is 0.111. The van der Waals surface area contributed by atoms with Crippen LogP contribution in [-0.4, -0.2) is 19.8 Å². The molecular weight excluding hydrogens is 480 g/mol. The second-order valence-electron chi connectivity index (χ2n) is 5.73. The normalized spacial score (nSPS) is 10.7. The smallest absolute Gasteiger partial charge is 0.258 e. The van der Waals surface area contributed by atoms with Crippen LogP contribution in [0.15, 0.2) is 69.4 Å². The van der Waals surface area contributed by atoms with Gasteiger partial charge in [0.1, 0.15) is 5.03 Å². The van der Waals surface area contributed by atoms with Crippen LogP contribution in [0.4, 0.5) is 11.4 Å². The van der Waals surface area contributed by atoms with Gasteiger partial charge >= 0.3 is 0 Å². The molecule has 11 heteroatoms. The van der Waals surface area contributed by atoms with E-state index < -0.39 is 9.85 Å². The van der Waals surface area contributed by atoms with Gasteiger partial charge in [-0.1, -0.05) is 36.0 Å². The maximum Gasteiger partial charge on any atom is 0.269 e. The summed E-state index contributed by atoms with van der Waals surface area (Å²) in [5.41, 5.74) is 2.01. The number of hydrogen-bond donors (Lipinski definition) is 0. The molecule has 0 aliphatic rings. The van der Waals surface area contributed by atoms with Crippen molar-refractivity contribution in [2.75, 3.05) is 0 Å². The molecule has 0 radical (unpaired) electrons. The Morgan fingerprint density at radius 2 is 1.31 bits per heavy atom. The number of nitrogens with zero attached hydrogens (tertiary/aromatic N) is 4. The van der Waals surface area contributed by atoms with Crippen LogP contribution in [0.5, 0.6) is 0 Å². The van der Waals surface area contributed by atoms with Crippen LogP contribution >= 0.6 is 39.5 Å². The number of nitro benzene ring substituents is 2. The summed E-state index contributed by atoms with van der Waals surface area (Å²) in [7, 11) is 0. The average Bonchev–Trinajstić information content (AvgIpc) is 2.72. The van der Waals surface area contributed by atoms with Crippen LogP contribution in [-0.2, 0) is 11.5 Å². The molecule has 29 heavy (non-hydrogen) atoms. The lowest BCUT2D eigenvalue weighted by atomic mass is 10.2. The third kappa shape index (κ3) is 5.99. The number of rotatable bonds is 8. The molecule has 148 valence electrons. The molecule has 0 saturated carbocycles. The Kier molecular flexibility index (Phi) is 7.18. The number of hydrogen-bond acceptors (Lipinski definition) is 8. The largest absolute Gasteiger partial charge is 0.269 e. The fourth-order valence-corrected chi connectivity index (χ4v) is 4.44. The first-order valence-corrected chi connectivity index (χ1v) is 10.9. The minimum Gasteiger partial charge on any atom is -0.258 e. The van der Waals surface area contributed by atoms with Crippen molar-refractivity contribution in [2.45, 2.75) is 21.7 Å². The van der Waals surface area contributed by atoms with Gasteiger partial charge in [-0.15, -0.1) is 11.8 Å². The maximum absolute atomic E-state index is 10.7. The average molecular weight is 493 g/mol. The van der Waals surface area contributed by atoms with Crippen LogP contribution in [0.3, 0.4) is 0 Å². The molecule has 0 aliphatic heterocycles. The van der Waals surface area contributed by atoms with E-state index in [-0.39, 0.29) is 11.4 Å². The predicted molar refractivity (Wildman–Crippen MR) is 115 cm³/mol. The van der Waals surface area contributed by atoms with Gasteiger partial charge in [0, 0.05) is 42.0 Å². The number of thioether (sulfide) groups is 2. The van der Waals surface area contributed by atoms with Gasteiger partial charge in [0.05, 0.1) is 14.3 Å². The van der Waals surface area contributed by atoms with E-state index in [0.29, 0.717) is 16.7 Å². The Balaban J connectivity index is 1.61. The molecule has 8 nitrogen and oxygen atoms in total. The van der Waals surface area contributed by atoms with E-state index in [0.717, 1.165) is 20.6 Å². The van der Waals surface area contributed by atoms with Crippen molar-refractivity contribution in [3.05, 3.63) is 90.6 Å². The first kappa shape index (κ1) is 21.2. The van der Waals surface area contributed by atoms with Gasteiger partial charge in [0.2, 0.25) is 0 Å². The van der Waals surface area contributed by atoms with Gasteiger partial charge in [-0.05, 0) is 27.1 Å². The summed E-state index contributed by atoms with van der Waals surface area (Å²) >= 11 is 6.38. The van der Waals surface area contributed by atoms with Gasteiger partial charge in [-0.2, -0.15) is 0 Å². The number of nitro groups is 2. The lowest BCUT2D eigenvalue weighted by molar-refractivity contribution is -0.385. The third-order valence-corrected chi connectivity index (χ3v) is 6.57. The predicted octanol–water partition coefficient (Wildman–Crippen LogP) is 5.64. The highest BCUT2D eigenvalue weighted by Crippen LogP contribution is 2.31. The highest BCUT2D eigenvalue weighted by Gasteiger charge is 2.10. The fourth-order valence-electron chi connectivity index (χ4n) is 2.23. The van der Waals surface area contributed by atoms with Crippen LogP contribution in [0, 0.1) is 20.2 Å². The molecule has 0 fully saturated rings. The Bertz CT molecular complexity index is 1030. The summed E-state index contributed by atoms with van der Waals surface area (Å²) in [6, 6.07) is 12.8. The van der Waals surface area contributed by atoms with Crippen molar-refractivity contribution in [3.8, 4) is 0 Å². The molecule has 0 aliphatic carbocycles. The van der Waals surface area contributed by atoms with Crippen molar-refractivity contribution in [1.82, 2.24) is 9.97 Å². The summed E-state index contributed by atoms with van der Waals surface area (Å²) in [4.78, 5) is 29.4. The SMILES string of the molecule is O=[N+]([O-])c1ccc(CSc2ncc(Br)c(SCc3ccc([N+](=O)[O-])cc3)n2)cc1. The molecule has 3 rings (SSSR count). The van der Waals surface area contributed by atoms with Crippen molar-refractivity contribution < 1.29 is 9.85 Å². The van der Waals surface area contributed by atoms with Gasteiger partial charge in [-0.25, -0.2) is 9.97 Å². The van der Waals surface area contributed by atoms with Crippen LogP contribution in [0.25, 0.3) is 0 Å². The highest BCUT2D eigenvalue weighted by atomic mass is 79.9. The van der Waals surface area contributed by atoms with E-state index in [9.17, 15) is 20.2 Å². The van der Waals surface area contributed by atoms with Gasteiger partial charge in [-0.3, -0.25) is 20.2 Å².